The minimum atomic E-state index is -3.38. The van der Waals surface area contributed by atoms with Crippen molar-refractivity contribution in [3.05, 3.63) is 69.2 Å². The number of piperidine rings is 1. The first kappa shape index (κ1) is 25.4. The zero-order valence-electron chi connectivity index (χ0n) is 18.0. The molecule has 1 amide bonds. The van der Waals surface area contributed by atoms with E-state index in [2.05, 4.69) is 5.32 Å². The molecule has 2 aromatic rings. The lowest BCUT2D eigenvalue weighted by atomic mass is 9.97. The van der Waals surface area contributed by atoms with Crippen molar-refractivity contribution < 1.29 is 13.2 Å². The van der Waals surface area contributed by atoms with Crippen LogP contribution >= 0.6 is 35.0 Å². The van der Waals surface area contributed by atoms with Crippen molar-refractivity contribution in [3.63, 3.8) is 0 Å². The molecule has 2 aromatic carbocycles. The van der Waals surface area contributed by atoms with Gasteiger partial charge in [-0.3, -0.25) is 4.79 Å². The number of aryl methyl sites for hydroxylation is 1. The van der Waals surface area contributed by atoms with Crippen LogP contribution in [0.25, 0.3) is 0 Å². The molecule has 0 bridgehead atoms. The Labute approximate surface area is 204 Å². The first-order valence-electron chi connectivity index (χ1n) is 10.6. The average molecular weight is 516 g/mol. The third-order valence-electron chi connectivity index (χ3n) is 5.54. The van der Waals surface area contributed by atoms with Crippen molar-refractivity contribution >= 4 is 50.9 Å². The molecule has 174 valence electrons. The number of halogens is 2. The highest BCUT2D eigenvalue weighted by Gasteiger charge is 2.31. The van der Waals surface area contributed by atoms with Gasteiger partial charge in [-0.25, -0.2) is 12.7 Å². The first-order valence-corrected chi connectivity index (χ1v) is 14.1. The van der Waals surface area contributed by atoms with Crippen LogP contribution < -0.4 is 5.32 Å². The second kappa shape index (κ2) is 11.7. The van der Waals surface area contributed by atoms with E-state index < -0.39 is 10.0 Å². The SMILES string of the molecule is Cc1ccc(CS(=O)(=O)N2CCC(C(=O)NCCSCc3c(Cl)cccc3Cl)CC2)cc1. The summed E-state index contributed by atoms with van der Waals surface area (Å²) in [5, 5.41) is 4.27. The minimum absolute atomic E-state index is 0.00282. The summed E-state index contributed by atoms with van der Waals surface area (Å²) in [6.45, 7) is 3.29. The van der Waals surface area contributed by atoms with Crippen molar-refractivity contribution in [3.8, 4) is 0 Å². The fraction of sp³-hybridized carbons (Fsp3) is 0.435. The summed E-state index contributed by atoms with van der Waals surface area (Å²) >= 11 is 14.0. The van der Waals surface area contributed by atoms with Gasteiger partial charge >= 0.3 is 0 Å². The molecule has 1 N–H and O–H groups in total. The molecule has 0 saturated carbocycles. The van der Waals surface area contributed by atoms with Crippen LogP contribution in [0, 0.1) is 12.8 Å². The number of hydrogen-bond acceptors (Lipinski definition) is 4. The van der Waals surface area contributed by atoms with Gasteiger partial charge in [-0.05, 0) is 43.0 Å². The van der Waals surface area contributed by atoms with E-state index >= 15 is 0 Å². The van der Waals surface area contributed by atoms with Gasteiger partial charge in [0.15, 0.2) is 0 Å². The van der Waals surface area contributed by atoms with Gasteiger partial charge in [0.25, 0.3) is 0 Å². The van der Waals surface area contributed by atoms with E-state index in [0.717, 1.165) is 22.4 Å². The van der Waals surface area contributed by atoms with Crippen LogP contribution in [0.2, 0.25) is 10.0 Å². The smallest absolute Gasteiger partial charge is 0.223 e. The Kier molecular flexibility index (Phi) is 9.32. The summed E-state index contributed by atoms with van der Waals surface area (Å²) in [6.07, 6.45) is 1.09. The van der Waals surface area contributed by atoms with E-state index in [9.17, 15) is 13.2 Å². The van der Waals surface area contributed by atoms with Gasteiger partial charge in [-0.15, -0.1) is 0 Å². The Morgan fingerprint density at radius 3 is 2.34 bits per heavy atom. The molecule has 32 heavy (non-hydrogen) atoms. The molecule has 1 saturated heterocycles. The lowest BCUT2D eigenvalue weighted by Gasteiger charge is -2.30. The number of carbonyl (C=O) groups is 1. The summed E-state index contributed by atoms with van der Waals surface area (Å²) in [6, 6.07) is 13.0. The molecule has 0 aliphatic carbocycles. The number of nitrogens with zero attached hydrogens (tertiary/aromatic N) is 1. The van der Waals surface area contributed by atoms with E-state index in [4.69, 9.17) is 23.2 Å². The van der Waals surface area contributed by atoms with Crippen LogP contribution in [-0.2, 0) is 26.3 Å². The van der Waals surface area contributed by atoms with Crippen LogP contribution in [0.1, 0.15) is 29.5 Å². The highest BCUT2D eigenvalue weighted by molar-refractivity contribution is 7.98. The van der Waals surface area contributed by atoms with Crippen molar-refractivity contribution in [1.29, 1.82) is 0 Å². The maximum atomic E-state index is 12.7. The highest BCUT2D eigenvalue weighted by atomic mass is 35.5. The van der Waals surface area contributed by atoms with E-state index in [-0.39, 0.29) is 17.6 Å². The molecule has 0 radical (unpaired) electrons. The zero-order valence-corrected chi connectivity index (χ0v) is 21.2. The number of hydrogen-bond donors (Lipinski definition) is 1. The summed E-state index contributed by atoms with van der Waals surface area (Å²) in [5.41, 5.74) is 2.79. The van der Waals surface area contributed by atoms with E-state index in [1.807, 2.05) is 49.4 Å². The number of rotatable bonds is 9. The summed E-state index contributed by atoms with van der Waals surface area (Å²) < 4.78 is 27.0. The Morgan fingerprint density at radius 1 is 1.09 bits per heavy atom. The molecule has 0 aromatic heterocycles. The first-order chi connectivity index (χ1) is 15.3. The third-order valence-corrected chi connectivity index (χ3v) is 9.09. The van der Waals surface area contributed by atoms with Crippen LogP contribution in [0.3, 0.4) is 0 Å². The van der Waals surface area contributed by atoms with E-state index in [0.29, 0.717) is 48.3 Å². The average Bonchev–Trinajstić information content (AvgIpc) is 2.77. The third kappa shape index (κ3) is 7.12. The Bertz CT molecular complexity index is 1000. The number of benzene rings is 2. The number of nitrogens with one attached hydrogen (secondary N) is 1. The summed E-state index contributed by atoms with van der Waals surface area (Å²) in [7, 11) is -3.38. The highest BCUT2D eigenvalue weighted by Crippen LogP contribution is 2.28. The lowest BCUT2D eigenvalue weighted by Crippen LogP contribution is -2.43. The van der Waals surface area contributed by atoms with Crippen LogP contribution in [0.5, 0.6) is 0 Å². The molecule has 1 heterocycles. The predicted octanol–water partition coefficient (Wildman–Crippen LogP) is 4.89. The molecule has 1 aliphatic heterocycles. The van der Waals surface area contributed by atoms with Crippen LogP contribution in [0.15, 0.2) is 42.5 Å². The van der Waals surface area contributed by atoms with E-state index in [1.165, 1.54) is 4.31 Å². The molecule has 0 unspecified atom stereocenters. The Hall–Kier alpha value is -1.25. The number of sulfonamides is 1. The number of amides is 1. The second-order valence-corrected chi connectivity index (χ2v) is 11.8. The second-order valence-electron chi connectivity index (χ2n) is 7.96. The molecule has 1 fully saturated rings. The molecule has 0 atom stereocenters. The number of thioether (sulfide) groups is 1. The van der Waals surface area contributed by atoms with Gasteiger partial charge in [-0.1, -0.05) is 59.1 Å². The minimum Gasteiger partial charge on any atom is -0.355 e. The molecule has 5 nitrogen and oxygen atoms in total. The number of carbonyl (C=O) groups excluding carboxylic acids is 1. The van der Waals surface area contributed by atoms with Crippen molar-refractivity contribution in [2.75, 3.05) is 25.4 Å². The van der Waals surface area contributed by atoms with Crippen molar-refractivity contribution in [1.82, 2.24) is 9.62 Å². The predicted molar refractivity (Wildman–Crippen MR) is 134 cm³/mol. The topological polar surface area (TPSA) is 66.5 Å². The summed E-state index contributed by atoms with van der Waals surface area (Å²) in [4.78, 5) is 12.5. The quantitative estimate of drug-likeness (QED) is 0.483. The maximum Gasteiger partial charge on any atom is 0.223 e. The van der Waals surface area contributed by atoms with Gasteiger partial charge in [0.05, 0.1) is 5.75 Å². The molecule has 1 aliphatic rings. The van der Waals surface area contributed by atoms with Crippen LogP contribution in [-0.4, -0.2) is 44.0 Å². The van der Waals surface area contributed by atoms with Crippen molar-refractivity contribution in [2.24, 2.45) is 5.92 Å². The lowest BCUT2D eigenvalue weighted by molar-refractivity contribution is -0.125. The van der Waals surface area contributed by atoms with Gasteiger partial charge in [-0.2, -0.15) is 11.8 Å². The molecule has 3 rings (SSSR count). The van der Waals surface area contributed by atoms with E-state index in [1.54, 1.807) is 11.8 Å². The largest absolute Gasteiger partial charge is 0.355 e. The van der Waals surface area contributed by atoms with Gasteiger partial charge in [0.2, 0.25) is 15.9 Å². The fourth-order valence-electron chi connectivity index (χ4n) is 3.62. The Balaban J connectivity index is 1.38. The zero-order chi connectivity index (χ0) is 23.1. The molecular formula is C23H28Cl2N2O3S2. The summed E-state index contributed by atoms with van der Waals surface area (Å²) in [5.74, 6) is 1.28. The maximum absolute atomic E-state index is 12.7. The Morgan fingerprint density at radius 2 is 1.72 bits per heavy atom. The van der Waals surface area contributed by atoms with Crippen LogP contribution in [0.4, 0.5) is 0 Å². The molecular weight excluding hydrogens is 487 g/mol. The van der Waals surface area contributed by atoms with Crippen molar-refractivity contribution in [2.45, 2.75) is 31.3 Å². The normalized spacial score (nSPS) is 15.6. The standard InChI is InChI=1S/C23H28Cl2N2O3S2/c1-17-5-7-18(8-6-17)16-32(29,30)27-12-9-19(10-13-27)23(28)26-11-14-31-15-20-21(24)3-2-4-22(20)25/h2-8,19H,9-16H2,1H3,(H,26,28). The van der Waals surface area contributed by atoms with Gasteiger partial charge < -0.3 is 5.32 Å². The van der Waals surface area contributed by atoms with Gasteiger partial charge in [0.1, 0.15) is 0 Å². The van der Waals surface area contributed by atoms with Gasteiger partial charge in [0, 0.05) is 47.1 Å². The molecule has 9 heteroatoms. The fourth-order valence-corrected chi connectivity index (χ4v) is 6.78. The molecule has 0 spiro atoms. The monoisotopic (exact) mass is 514 g/mol.